The summed E-state index contributed by atoms with van der Waals surface area (Å²) in [5.74, 6) is 2.41. The normalized spacial score (nSPS) is 17.2. The highest BCUT2D eigenvalue weighted by atomic mass is 16.5. The van der Waals surface area contributed by atoms with Crippen molar-refractivity contribution in [3.8, 4) is 17.1 Å². The maximum atomic E-state index is 5.48. The zero-order chi connectivity index (χ0) is 14.9. The molecule has 0 saturated carbocycles. The van der Waals surface area contributed by atoms with Crippen LogP contribution in [0.2, 0.25) is 0 Å². The average Bonchev–Trinajstić information content (AvgIpc) is 3.23. The second-order valence-corrected chi connectivity index (χ2v) is 5.45. The van der Waals surface area contributed by atoms with Gasteiger partial charge in [0.2, 0.25) is 11.7 Å². The molecule has 0 spiro atoms. The third-order valence-electron chi connectivity index (χ3n) is 4.11. The average molecular weight is 296 g/mol. The van der Waals surface area contributed by atoms with Gasteiger partial charge in [0.05, 0.1) is 13.4 Å². The molecule has 3 heterocycles. The molecule has 0 aliphatic carbocycles. The Morgan fingerprint density at radius 2 is 2.14 bits per heavy atom. The van der Waals surface area contributed by atoms with Gasteiger partial charge in [-0.05, 0) is 30.7 Å². The first kappa shape index (κ1) is 13.1. The molecule has 0 bridgehead atoms. The van der Waals surface area contributed by atoms with Crippen LogP contribution in [0.4, 0.5) is 0 Å². The summed E-state index contributed by atoms with van der Waals surface area (Å²) in [5.41, 5.74) is 2.15. The van der Waals surface area contributed by atoms with Gasteiger partial charge in [-0.3, -0.25) is 0 Å². The molecule has 0 unspecified atom stereocenters. The van der Waals surface area contributed by atoms with E-state index in [4.69, 9.17) is 9.26 Å². The van der Waals surface area contributed by atoms with Crippen molar-refractivity contribution in [1.82, 2.24) is 19.7 Å². The molecule has 0 saturated heterocycles. The predicted octanol–water partition coefficient (Wildman–Crippen LogP) is 2.67. The number of imidazole rings is 1. The molecule has 112 valence electrons. The second kappa shape index (κ2) is 5.29. The van der Waals surface area contributed by atoms with Crippen LogP contribution in [0.1, 0.15) is 23.9 Å². The van der Waals surface area contributed by atoms with E-state index in [1.165, 1.54) is 5.69 Å². The Morgan fingerprint density at radius 1 is 1.27 bits per heavy atom. The first-order valence-electron chi connectivity index (χ1n) is 7.30. The lowest BCUT2D eigenvalue weighted by Gasteiger charge is -2.20. The summed E-state index contributed by atoms with van der Waals surface area (Å²) in [6, 6.07) is 7.65. The summed E-state index contributed by atoms with van der Waals surface area (Å²) in [5, 5.41) is 4.11. The predicted molar refractivity (Wildman–Crippen MR) is 79.6 cm³/mol. The van der Waals surface area contributed by atoms with Gasteiger partial charge in [-0.25, -0.2) is 4.98 Å². The van der Waals surface area contributed by atoms with Crippen LogP contribution in [0.5, 0.6) is 5.75 Å². The third kappa shape index (κ3) is 2.26. The van der Waals surface area contributed by atoms with E-state index >= 15 is 0 Å². The number of nitrogens with zero attached hydrogens (tertiary/aromatic N) is 4. The van der Waals surface area contributed by atoms with Crippen LogP contribution in [0.3, 0.4) is 0 Å². The lowest BCUT2D eigenvalue weighted by Crippen LogP contribution is -2.17. The van der Waals surface area contributed by atoms with Crippen LogP contribution in [0, 0.1) is 0 Å². The van der Waals surface area contributed by atoms with Crippen molar-refractivity contribution in [2.45, 2.75) is 25.3 Å². The molecule has 1 aliphatic rings. The Kier molecular flexibility index (Phi) is 3.14. The van der Waals surface area contributed by atoms with Crippen molar-refractivity contribution < 1.29 is 9.26 Å². The molecule has 0 amide bonds. The van der Waals surface area contributed by atoms with Crippen molar-refractivity contribution in [2.24, 2.45) is 0 Å². The van der Waals surface area contributed by atoms with E-state index in [9.17, 15) is 0 Å². The lowest BCUT2D eigenvalue weighted by molar-refractivity contribution is 0.325. The van der Waals surface area contributed by atoms with Crippen LogP contribution in [0.25, 0.3) is 11.4 Å². The van der Waals surface area contributed by atoms with E-state index in [1.54, 1.807) is 7.11 Å². The molecule has 6 nitrogen and oxygen atoms in total. The molecule has 3 aromatic rings. The molecular weight excluding hydrogens is 280 g/mol. The first-order valence-corrected chi connectivity index (χ1v) is 7.30. The van der Waals surface area contributed by atoms with E-state index in [2.05, 4.69) is 19.7 Å². The minimum atomic E-state index is 0.267. The van der Waals surface area contributed by atoms with Gasteiger partial charge >= 0.3 is 0 Å². The standard InChI is InChI=1S/C16H16N4O2/c1-21-14-4-2-11(3-5-14)15-18-16(22-19-15)12-6-7-20-10-17-9-13(20)8-12/h2-5,9-10,12H,6-8H2,1H3/t12-/m0/s1. The molecule has 0 N–H and O–H groups in total. The fourth-order valence-corrected chi connectivity index (χ4v) is 2.84. The minimum Gasteiger partial charge on any atom is -0.497 e. The summed E-state index contributed by atoms with van der Waals surface area (Å²) in [6.45, 7) is 0.945. The smallest absolute Gasteiger partial charge is 0.230 e. The number of ether oxygens (including phenoxy) is 1. The molecular formula is C16H16N4O2. The SMILES string of the molecule is COc1ccc(-c2noc([C@H]3CCn4cncc4C3)n2)cc1. The van der Waals surface area contributed by atoms with Crippen LogP contribution in [-0.4, -0.2) is 26.8 Å². The largest absolute Gasteiger partial charge is 0.497 e. The van der Waals surface area contributed by atoms with Crippen molar-refractivity contribution in [2.75, 3.05) is 7.11 Å². The molecule has 0 radical (unpaired) electrons. The number of aromatic nitrogens is 4. The fourth-order valence-electron chi connectivity index (χ4n) is 2.84. The van der Waals surface area contributed by atoms with Gasteiger partial charge in [0.25, 0.3) is 0 Å². The number of rotatable bonds is 3. The maximum Gasteiger partial charge on any atom is 0.230 e. The van der Waals surface area contributed by atoms with Crippen molar-refractivity contribution >= 4 is 0 Å². The fraction of sp³-hybridized carbons (Fsp3) is 0.312. The monoisotopic (exact) mass is 296 g/mol. The van der Waals surface area contributed by atoms with Gasteiger partial charge < -0.3 is 13.8 Å². The lowest BCUT2D eigenvalue weighted by atomic mass is 9.96. The number of hydrogen-bond donors (Lipinski definition) is 0. The van der Waals surface area contributed by atoms with E-state index in [0.29, 0.717) is 11.7 Å². The molecule has 0 fully saturated rings. The van der Waals surface area contributed by atoms with E-state index in [0.717, 1.165) is 30.7 Å². The van der Waals surface area contributed by atoms with Crippen molar-refractivity contribution in [3.63, 3.8) is 0 Å². The highest BCUT2D eigenvalue weighted by Crippen LogP contribution is 2.29. The summed E-state index contributed by atoms with van der Waals surface area (Å²) in [7, 11) is 1.65. The topological polar surface area (TPSA) is 66.0 Å². The van der Waals surface area contributed by atoms with Crippen LogP contribution in [-0.2, 0) is 13.0 Å². The summed E-state index contributed by atoms with van der Waals surface area (Å²) >= 11 is 0. The third-order valence-corrected chi connectivity index (χ3v) is 4.11. The molecule has 1 atom stereocenters. The van der Waals surface area contributed by atoms with Gasteiger partial charge in [0.1, 0.15) is 5.75 Å². The van der Waals surface area contributed by atoms with Gasteiger partial charge in [-0.1, -0.05) is 5.16 Å². The number of hydrogen-bond acceptors (Lipinski definition) is 5. The zero-order valence-corrected chi connectivity index (χ0v) is 12.3. The molecule has 1 aromatic carbocycles. The van der Waals surface area contributed by atoms with Gasteiger partial charge in [0, 0.05) is 36.3 Å². The number of fused-ring (bicyclic) bond motifs is 1. The van der Waals surface area contributed by atoms with E-state index in [1.807, 2.05) is 36.8 Å². The van der Waals surface area contributed by atoms with Crippen LogP contribution >= 0.6 is 0 Å². The van der Waals surface area contributed by atoms with Crippen LogP contribution < -0.4 is 4.74 Å². The number of benzene rings is 1. The van der Waals surface area contributed by atoms with Gasteiger partial charge in [-0.15, -0.1) is 0 Å². The molecule has 6 heteroatoms. The second-order valence-electron chi connectivity index (χ2n) is 5.45. The molecule has 4 rings (SSSR count). The quantitative estimate of drug-likeness (QED) is 0.743. The molecule has 2 aromatic heterocycles. The number of aryl methyl sites for hydroxylation is 1. The van der Waals surface area contributed by atoms with Gasteiger partial charge in [-0.2, -0.15) is 4.98 Å². The van der Waals surface area contributed by atoms with E-state index < -0.39 is 0 Å². The Bertz CT molecular complexity index is 776. The first-order chi connectivity index (χ1) is 10.8. The Labute approximate surface area is 127 Å². The van der Waals surface area contributed by atoms with E-state index in [-0.39, 0.29) is 5.92 Å². The summed E-state index contributed by atoms with van der Waals surface area (Å²) in [6.07, 6.45) is 5.67. The number of methoxy groups -OCH3 is 1. The Morgan fingerprint density at radius 3 is 2.95 bits per heavy atom. The Balaban J connectivity index is 1.56. The molecule has 22 heavy (non-hydrogen) atoms. The van der Waals surface area contributed by atoms with Crippen molar-refractivity contribution in [3.05, 3.63) is 48.4 Å². The highest BCUT2D eigenvalue weighted by molar-refractivity contribution is 5.55. The van der Waals surface area contributed by atoms with Gasteiger partial charge in [0.15, 0.2) is 0 Å². The minimum absolute atomic E-state index is 0.267. The summed E-state index contributed by atoms with van der Waals surface area (Å²) in [4.78, 5) is 8.75. The van der Waals surface area contributed by atoms with Crippen LogP contribution in [0.15, 0.2) is 41.3 Å². The summed E-state index contributed by atoms with van der Waals surface area (Å²) < 4.78 is 12.8. The Hall–Kier alpha value is -2.63. The zero-order valence-electron chi connectivity index (χ0n) is 12.3. The molecule has 1 aliphatic heterocycles. The van der Waals surface area contributed by atoms with Crippen molar-refractivity contribution in [1.29, 1.82) is 0 Å². The maximum absolute atomic E-state index is 5.48. The highest BCUT2D eigenvalue weighted by Gasteiger charge is 2.25.